The van der Waals surface area contributed by atoms with Crippen LogP contribution in [0.25, 0.3) is 0 Å². The van der Waals surface area contributed by atoms with Crippen molar-refractivity contribution in [3.05, 3.63) is 66.2 Å². The van der Waals surface area contributed by atoms with Crippen LogP contribution >= 0.6 is 0 Å². The number of carboxylic acids is 1. The van der Waals surface area contributed by atoms with E-state index in [0.29, 0.717) is 12.1 Å². The smallest absolute Gasteiger partial charge is 0.415 e. The highest BCUT2D eigenvalue weighted by molar-refractivity contribution is 5.95. The summed E-state index contributed by atoms with van der Waals surface area (Å²) in [6.45, 7) is 0.317. The molecule has 0 fully saturated rings. The third-order valence-electron chi connectivity index (χ3n) is 3.96. The van der Waals surface area contributed by atoms with Gasteiger partial charge in [-0.15, -0.1) is 0 Å². The summed E-state index contributed by atoms with van der Waals surface area (Å²) in [4.78, 5) is 29.7. The van der Waals surface area contributed by atoms with Crippen LogP contribution in [0.3, 0.4) is 0 Å². The van der Waals surface area contributed by atoms with Gasteiger partial charge in [-0.1, -0.05) is 48.5 Å². The molecule has 148 valence electrons. The summed E-state index contributed by atoms with van der Waals surface area (Å²) in [7, 11) is 0. The number of aliphatic imine (C=N–C) groups is 1. The number of amides is 1. The molecule has 2 aromatic carbocycles. The number of rotatable bonds is 9. The molecule has 8 nitrogen and oxygen atoms in total. The van der Waals surface area contributed by atoms with E-state index in [-0.39, 0.29) is 25.5 Å². The highest BCUT2D eigenvalue weighted by Crippen LogP contribution is 2.21. The van der Waals surface area contributed by atoms with Gasteiger partial charge >= 0.3 is 12.1 Å². The molecule has 0 aromatic heterocycles. The topological polar surface area (TPSA) is 131 Å². The Hall–Kier alpha value is -3.55. The van der Waals surface area contributed by atoms with Crippen LogP contribution < -0.4 is 16.4 Å². The quantitative estimate of drug-likeness (QED) is 0.345. The summed E-state index contributed by atoms with van der Waals surface area (Å²) in [5.74, 6) is -1.20. The van der Waals surface area contributed by atoms with Crippen molar-refractivity contribution < 1.29 is 19.4 Å². The molecule has 0 spiro atoms. The second-order valence-corrected chi connectivity index (χ2v) is 6.05. The van der Waals surface area contributed by atoms with E-state index in [1.54, 1.807) is 30.3 Å². The standard InChI is InChI=1S/C20H24N4O4/c21-19(22)23-13-7-12-17(18(25)26)24(16-10-5-2-6-11-16)20(27)28-14-15-8-3-1-4-9-15/h1-6,8-11,17H,7,12-14H2,(H,25,26)(H4,21,22,23). The number of carbonyl (C=O) groups is 2. The number of aliphatic carboxylic acids is 1. The summed E-state index contributed by atoms with van der Waals surface area (Å²) in [5, 5.41) is 9.71. The first kappa shape index (κ1) is 20.8. The predicted molar refractivity (Wildman–Crippen MR) is 107 cm³/mol. The van der Waals surface area contributed by atoms with E-state index in [9.17, 15) is 14.7 Å². The zero-order chi connectivity index (χ0) is 20.4. The van der Waals surface area contributed by atoms with Crippen molar-refractivity contribution in [3.8, 4) is 0 Å². The van der Waals surface area contributed by atoms with Gasteiger partial charge in [0.25, 0.3) is 0 Å². The molecule has 1 unspecified atom stereocenters. The van der Waals surface area contributed by atoms with E-state index < -0.39 is 18.1 Å². The highest BCUT2D eigenvalue weighted by Gasteiger charge is 2.31. The molecule has 0 heterocycles. The van der Waals surface area contributed by atoms with Gasteiger partial charge in [-0.05, 0) is 30.5 Å². The van der Waals surface area contributed by atoms with E-state index in [1.807, 2.05) is 30.3 Å². The molecule has 1 atom stereocenters. The third-order valence-corrected chi connectivity index (χ3v) is 3.96. The van der Waals surface area contributed by atoms with Crippen molar-refractivity contribution in [2.45, 2.75) is 25.5 Å². The van der Waals surface area contributed by atoms with Gasteiger partial charge in [-0.25, -0.2) is 9.59 Å². The number of para-hydroxylation sites is 1. The number of carbonyl (C=O) groups excluding carboxylic acids is 1. The minimum atomic E-state index is -1.13. The van der Waals surface area contributed by atoms with Crippen LogP contribution in [0.2, 0.25) is 0 Å². The molecule has 0 radical (unpaired) electrons. The van der Waals surface area contributed by atoms with Gasteiger partial charge in [0.2, 0.25) is 0 Å². The van der Waals surface area contributed by atoms with E-state index in [1.165, 1.54) is 0 Å². The van der Waals surface area contributed by atoms with E-state index in [4.69, 9.17) is 16.2 Å². The second kappa shape index (κ2) is 10.6. The van der Waals surface area contributed by atoms with Crippen molar-refractivity contribution >= 4 is 23.7 Å². The molecule has 28 heavy (non-hydrogen) atoms. The Morgan fingerprint density at radius 1 is 1.04 bits per heavy atom. The Balaban J connectivity index is 2.17. The Morgan fingerprint density at radius 2 is 1.64 bits per heavy atom. The number of hydrogen-bond acceptors (Lipinski definition) is 4. The minimum Gasteiger partial charge on any atom is -0.480 e. The van der Waals surface area contributed by atoms with Crippen LogP contribution in [-0.2, 0) is 16.1 Å². The third kappa shape index (κ3) is 6.31. The molecule has 0 saturated carbocycles. The second-order valence-electron chi connectivity index (χ2n) is 6.05. The lowest BCUT2D eigenvalue weighted by atomic mass is 10.1. The molecule has 0 aliphatic carbocycles. The van der Waals surface area contributed by atoms with Gasteiger partial charge in [0.05, 0.1) is 0 Å². The minimum absolute atomic E-state index is 0.0450. The number of ether oxygens (including phenoxy) is 1. The maximum atomic E-state index is 12.8. The number of anilines is 1. The summed E-state index contributed by atoms with van der Waals surface area (Å²) >= 11 is 0. The summed E-state index contributed by atoms with van der Waals surface area (Å²) < 4.78 is 5.38. The van der Waals surface area contributed by atoms with Crippen molar-refractivity contribution in [1.29, 1.82) is 0 Å². The first-order valence-electron chi connectivity index (χ1n) is 8.82. The Bertz CT molecular complexity index is 792. The monoisotopic (exact) mass is 384 g/mol. The fraction of sp³-hybridized carbons (Fsp3) is 0.250. The lowest BCUT2D eigenvalue weighted by Gasteiger charge is -2.28. The zero-order valence-electron chi connectivity index (χ0n) is 15.4. The maximum absolute atomic E-state index is 12.8. The van der Waals surface area contributed by atoms with Crippen molar-refractivity contribution in [1.82, 2.24) is 0 Å². The van der Waals surface area contributed by atoms with Gasteiger partial charge in [0.15, 0.2) is 5.96 Å². The van der Waals surface area contributed by atoms with Gasteiger partial charge in [-0.3, -0.25) is 9.89 Å². The molecule has 2 aromatic rings. The lowest BCUT2D eigenvalue weighted by Crippen LogP contribution is -2.45. The molecule has 5 N–H and O–H groups in total. The average Bonchev–Trinajstić information content (AvgIpc) is 2.69. The average molecular weight is 384 g/mol. The van der Waals surface area contributed by atoms with Crippen molar-refractivity contribution in [3.63, 3.8) is 0 Å². The van der Waals surface area contributed by atoms with E-state index in [0.717, 1.165) is 10.5 Å². The number of benzene rings is 2. The van der Waals surface area contributed by atoms with Crippen molar-refractivity contribution in [2.24, 2.45) is 16.5 Å². The molecular weight excluding hydrogens is 360 g/mol. The molecular formula is C20H24N4O4. The van der Waals surface area contributed by atoms with E-state index >= 15 is 0 Å². The highest BCUT2D eigenvalue weighted by atomic mass is 16.6. The van der Waals surface area contributed by atoms with Crippen LogP contribution in [0.15, 0.2) is 65.7 Å². The predicted octanol–water partition coefficient (Wildman–Crippen LogP) is 2.34. The molecule has 2 rings (SSSR count). The number of carboxylic acid groups (broad SMARTS) is 1. The summed E-state index contributed by atoms with van der Waals surface area (Å²) in [6, 6.07) is 16.6. The molecule has 0 aliphatic heterocycles. The molecule has 0 saturated heterocycles. The maximum Gasteiger partial charge on any atom is 0.415 e. The Kier molecular flexibility index (Phi) is 7.83. The first-order chi connectivity index (χ1) is 13.5. The number of hydrogen-bond donors (Lipinski definition) is 3. The largest absolute Gasteiger partial charge is 0.480 e. The van der Waals surface area contributed by atoms with Gasteiger partial charge in [0.1, 0.15) is 12.6 Å². The zero-order valence-corrected chi connectivity index (χ0v) is 15.4. The van der Waals surface area contributed by atoms with Crippen molar-refractivity contribution in [2.75, 3.05) is 11.4 Å². The number of nitrogens with zero attached hydrogens (tertiary/aromatic N) is 2. The molecule has 8 heteroatoms. The summed E-state index contributed by atoms with van der Waals surface area (Å²) in [5.41, 5.74) is 11.8. The Labute approximate surface area is 163 Å². The molecule has 0 aliphatic rings. The van der Waals surface area contributed by atoms with E-state index in [2.05, 4.69) is 4.99 Å². The first-order valence-corrected chi connectivity index (χ1v) is 8.82. The SMILES string of the molecule is NC(N)=NCCCC(C(=O)O)N(C(=O)OCc1ccccc1)c1ccccc1. The van der Waals surface area contributed by atoms with Crippen LogP contribution in [-0.4, -0.2) is 35.7 Å². The van der Waals surface area contributed by atoms with Gasteiger partial charge in [-0.2, -0.15) is 0 Å². The van der Waals surface area contributed by atoms with Crippen LogP contribution in [0.1, 0.15) is 18.4 Å². The summed E-state index contributed by atoms with van der Waals surface area (Å²) in [6.07, 6.45) is -0.171. The Morgan fingerprint density at radius 3 is 2.21 bits per heavy atom. The van der Waals surface area contributed by atoms with Gasteiger partial charge in [0, 0.05) is 12.2 Å². The molecule has 0 bridgehead atoms. The number of guanidine groups is 1. The normalized spacial score (nSPS) is 11.3. The fourth-order valence-corrected chi connectivity index (χ4v) is 2.65. The molecule has 1 amide bonds. The fourth-order valence-electron chi connectivity index (χ4n) is 2.65. The number of nitrogens with two attached hydrogens (primary N) is 2. The van der Waals surface area contributed by atoms with Crippen LogP contribution in [0.4, 0.5) is 10.5 Å². The van der Waals surface area contributed by atoms with Crippen LogP contribution in [0.5, 0.6) is 0 Å². The van der Waals surface area contributed by atoms with Gasteiger partial charge < -0.3 is 21.3 Å². The lowest BCUT2D eigenvalue weighted by molar-refractivity contribution is -0.138. The van der Waals surface area contributed by atoms with Crippen LogP contribution in [0, 0.1) is 0 Å².